The summed E-state index contributed by atoms with van der Waals surface area (Å²) in [4.78, 5) is 13.4. The molecule has 2 amide bonds. The fourth-order valence-electron chi connectivity index (χ4n) is 1.43. The number of rotatable bonds is 1. The summed E-state index contributed by atoms with van der Waals surface area (Å²) in [5.74, 6) is 0.463. The maximum Gasteiger partial charge on any atom is 0.324 e. The lowest BCUT2D eigenvalue weighted by molar-refractivity contribution is 0.203. The molecule has 0 unspecified atom stereocenters. The minimum absolute atomic E-state index is 0.113. The van der Waals surface area contributed by atoms with Crippen LogP contribution in [0.3, 0.4) is 0 Å². The molecular weight excluding hydrogens is 262 g/mol. The normalized spacial score (nSPS) is 16.5. The second-order valence-electron chi connectivity index (χ2n) is 3.27. The van der Waals surface area contributed by atoms with Gasteiger partial charge in [-0.05, 0) is 22.0 Å². The van der Waals surface area contributed by atoms with Gasteiger partial charge < -0.3 is 14.6 Å². The van der Waals surface area contributed by atoms with Gasteiger partial charge in [0.05, 0.1) is 0 Å². The highest BCUT2D eigenvalue weighted by molar-refractivity contribution is 9.10. The van der Waals surface area contributed by atoms with E-state index in [9.17, 15) is 4.79 Å². The van der Waals surface area contributed by atoms with Crippen molar-refractivity contribution in [3.63, 3.8) is 0 Å². The van der Waals surface area contributed by atoms with Crippen LogP contribution in [-0.4, -0.2) is 37.1 Å². The summed E-state index contributed by atoms with van der Waals surface area (Å²) in [6, 6.07) is 3.34. The fourth-order valence-corrected chi connectivity index (χ4v) is 1.74. The average molecular weight is 274 g/mol. The molecule has 0 radical (unpaired) electrons. The molecule has 15 heavy (non-hydrogen) atoms. The number of hydrogen-bond acceptors (Lipinski definition) is 3. The van der Waals surface area contributed by atoms with Gasteiger partial charge >= 0.3 is 6.03 Å². The lowest BCUT2D eigenvalue weighted by Gasteiger charge is -2.26. The van der Waals surface area contributed by atoms with Gasteiger partial charge in [0, 0.05) is 32.2 Å². The molecule has 1 aromatic heterocycles. The first-order valence-corrected chi connectivity index (χ1v) is 5.57. The molecule has 1 aliphatic heterocycles. The third-order valence-electron chi connectivity index (χ3n) is 2.21. The number of carbonyl (C=O) groups is 1. The van der Waals surface area contributed by atoms with E-state index in [1.807, 2.05) is 0 Å². The van der Waals surface area contributed by atoms with Gasteiger partial charge in [-0.3, -0.25) is 5.32 Å². The van der Waals surface area contributed by atoms with Gasteiger partial charge in [0.25, 0.3) is 0 Å². The molecule has 5 nitrogen and oxygen atoms in total. The summed E-state index contributed by atoms with van der Waals surface area (Å²) in [5, 5.41) is 5.88. The van der Waals surface area contributed by atoms with E-state index >= 15 is 0 Å². The van der Waals surface area contributed by atoms with Gasteiger partial charge in [-0.25, -0.2) is 4.79 Å². The smallest absolute Gasteiger partial charge is 0.324 e. The molecule has 0 saturated carbocycles. The van der Waals surface area contributed by atoms with E-state index in [0.29, 0.717) is 10.6 Å². The van der Waals surface area contributed by atoms with Gasteiger partial charge in [-0.2, -0.15) is 0 Å². The monoisotopic (exact) mass is 273 g/mol. The molecule has 1 fully saturated rings. The Balaban J connectivity index is 1.91. The molecular formula is C9H12BrN3O2. The average Bonchev–Trinajstić information content (AvgIpc) is 2.65. The third-order valence-corrected chi connectivity index (χ3v) is 2.63. The molecule has 2 N–H and O–H groups in total. The lowest BCUT2D eigenvalue weighted by atomic mass is 10.4. The highest BCUT2D eigenvalue weighted by atomic mass is 79.9. The van der Waals surface area contributed by atoms with Gasteiger partial charge in [0.2, 0.25) is 5.88 Å². The molecule has 1 saturated heterocycles. The van der Waals surface area contributed by atoms with Crippen LogP contribution in [0.5, 0.6) is 0 Å². The van der Waals surface area contributed by atoms with Gasteiger partial charge in [-0.1, -0.05) is 0 Å². The van der Waals surface area contributed by atoms with Gasteiger partial charge in [-0.15, -0.1) is 0 Å². The van der Waals surface area contributed by atoms with Crippen molar-refractivity contribution >= 4 is 27.8 Å². The molecule has 0 spiro atoms. The summed E-state index contributed by atoms with van der Waals surface area (Å²) < 4.78 is 5.80. The molecule has 1 aromatic rings. The topological polar surface area (TPSA) is 57.5 Å². The number of nitrogens with zero attached hydrogens (tertiary/aromatic N) is 1. The number of carbonyl (C=O) groups excluding carboxylic acids is 1. The van der Waals surface area contributed by atoms with Gasteiger partial charge in [0.15, 0.2) is 4.67 Å². The Morgan fingerprint density at radius 3 is 2.80 bits per heavy atom. The van der Waals surface area contributed by atoms with E-state index in [0.717, 1.165) is 26.2 Å². The summed E-state index contributed by atoms with van der Waals surface area (Å²) in [6.45, 7) is 3.14. The summed E-state index contributed by atoms with van der Waals surface area (Å²) in [6.07, 6.45) is 0. The second-order valence-corrected chi connectivity index (χ2v) is 4.05. The zero-order valence-corrected chi connectivity index (χ0v) is 9.71. The van der Waals surface area contributed by atoms with Crippen LogP contribution in [0.2, 0.25) is 0 Å². The predicted octanol–water partition coefficient (Wildman–Crippen LogP) is 1.48. The maximum atomic E-state index is 11.7. The van der Waals surface area contributed by atoms with Crippen LogP contribution in [0.4, 0.5) is 10.7 Å². The van der Waals surface area contributed by atoms with Gasteiger partial charge in [0.1, 0.15) is 0 Å². The largest absolute Gasteiger partial charge is 0.434 e. The van der Waals surface area contributed by atoms with E-state index in [-0.39, 0.29) is 6.03 Å². The van der Waals surface area contributed by atoms with Crippen molar-refractivity contribution < 1.29 is 9.21 Å². The van der Waals surface area contributed by atoms with Crippen molar-refractivity contribution in [2.45, 2.75) is 0 Å². The Morgan fingerprint density at radius 2 is 2.20 bits per heavy atom. The fraction of sp³-hybridized carbons (Fsp3) is 0.444. The summed E-state index contributed by atoms with van der Waals surface area (Å²) >= 11 is 3.18. The number of nitrogens with one attached hydrogen (secondary N) is 2. The van der Waals surface area contributed by atoms with Crippen LogP contribution in [-0.2, 0) is 0 Å². The minimum Gasteiger partial charge on any atom is -0.434 e. The van der Waals surface area contributed by atoms with Crippen LogP contribution in [0.25, 0.3) is 0 Å². The SMILES string of the molecule is O=C(Nc1ccc(Br)o1)N1CCNCC1. The van der Waals surface area contributed by atoms with Crippen molar-refractivity contribution in [2.75, 3.05) is 31.5 Å². The molecule has 1 aliphatic rings. The van der Waals surface area contributed by atoms with Crippen LogP contribution >= 0.6 is 15.9 Å². The number of amides is 2. The molecule has 0 aromatic carbocycles. The van der Waals surface area contributed by atoms with E-state index < -0.39 is 0 Å². The molecule has 6 heteroatoms. The minimum atomic E-state index is -0.113. The lowest BCUT2D eigenvalue weighted by Crippen LogP contribution is -2.48. The Hall–Kier alpha value is -1.01. The van der Waals surface area contributed by atoms with Crippen molar-refractivity contribution in [2.24, 2.45) is 0 Å². The third kappa shape index (κ3) is 2.73. The molecule has 82 valence electrons. The Morgan fingerprint density at radius 1 is 1.47 bits per heavy atom. The highest BCUT2D eigenvalue weighted by Crippen LogP contribution is 2.18. The first-order chi connectivity index (χ1) is 7.25. The summed E-state index contributed by atoms with van der Waals surface area (Å²) in [5.41, 5.74) is 0. The Bertz CT molecular complexity index is 347. The van der Waals surface area contributed by atoms with E-state index in [4.69, 9.17) is 4.42 Å². The van der Waals surface area contributed by atoms with E-state index in [2.05, 4.69) is 26.6 Å². The van der Waals surface area contributed by atoms with Crippen molar-refractivity contribution in [1.29, 1.82) is 0 Å². The van der Waals surface area contributed by atoms with Crippen molar-refractivity contribution in [1.82, 2.24) is 10.2 Å². The molecule has 2 rings (SSSR count). The second kappa shape index (κ2) is 4.67. The number of hydrogen-bond donors (Lipinski definition) is 2. The number of anilines is 1. The van der Waals surface area contributed by atoms with Crippen molar-refractivity contribution in [3.8, 4) is 0 Å². The van der Waals surface area contributed by atoms with E-state index in [1.54, 1.807) is 17.0 Å². The predicted molar refractivity (Wildman–Crippen MR) is 59.9 cm³/mol. The molecule has 2 heterocycles. The standard InChI is InChI=1S/C9H12BrN3O2/c10-7-1-2-8(15-7)12-9(14)13-5-3-11-4-6-13/h1-2,11H,3-6H2,(H,12,14). The number of furan rings is 1. The van der Waals surface area contributed by atoms with Crippen LogP contribution in [0, 0.1) is 0 Å². The first-order valence-electron chi connectivity index (χ1n) is 4.78. The first kappa shape index (κ1) is 10.5. The molecule has 0 bridgehead atoms. The molecule has 0 atom stereocenters. The Labute approximate surface area is 95.9 Å². The Kier molecular flexibility index (Phi) is 3.27. The summed E-state index contributed by atoms with van der Waals surface area (Å²) in [7, 11) is 0. The molecule has 0 aliphatic carbocycles. The number of urea groups is 1. The van der Waals surface area contributed by atoms with Crippen LogP contribution in [0.15, 0.2) is 21.2 Å². The van der Waals surface area contributed by atoms with Crippen LogP contribution in [0.1, 0.15) is 0 Å². The van der Waals surface area contributed by atoms with Crippen LogP contribution < -0.4 is 10.6 Å². The zero-order valence-electron chi connectivity index (χ0n) is 8.12. The highest BCUT2D eigenvalue weighted by Gasteiger charge is 2.16. The number of piperazine rings is 1. The quantitative estimate of drug-likeness (QED) is 0.815. The van der Waals surface area contributed by atoms with E-state index in [1.165, 1.54) is 0 Å². The van der Waals surface area contributed by atoms with Crippen molar-refractivity contribution in [3.05, 3.63) is 16.8 Å². The zero-order chi connectivity index (χ0) is 10.7. The maximum absolute atomic E-state index is 11.7. The number of halogens is 1.